The summed E-state index contributed by atoms with van der Waals surface area (Å²) in [6.45, 7) is 3.19. The van der Waals surface area contributed by atoms with Gasteiger partial charge in [0.1, 0.15) is 5.82 Å². The minimum atomic E-state index is -0.241. The highest BCUT2D eigenvalue weighted by molar-refractivity contribution is 8.00. The fourth-order valence-electron chi connectivity index (χ4n) is 3.09. The maximum Gasteiger partial charge on any atom is 0.233 e. The molecule has 0 radical (unpaired) electrons. The molecule has 144 valence electrons. The second kappa shape index (κ2) is 8.61. The van der Waals surface area contributed by atoms with Crippen LogP contribution in [0.4, 0.5) is 0 Å². The van der Waals surface area contributed by atoms with Gasteiger partial charge in [0.15, 0.2) is 5.16 Å². The van der Waals surface area contributed by atoms with Crippen molar-refractivity contribution in [2.75, 3.05) is 0 Å². The Morgan fingerprint density at radius 1 is 1.07 bits per heavy atom. The van der Waals surface area contributed by atoms with E-state index < -0.39 is 0 Å². The number of carbonyl (C=O) groups excluding carboxylic acids is 1. The first-order valence-electron chi connectivity index (χ1n) is 9.66. The van der Waals surface area contributed by atoms with Gasteiger partial charge in [-0.15, -0.1) is 10.2 Å². The third-order valence-electron chi connectivity index (χ3n) is 4.83. The van der Waals surface area contributed by atoms with E-state index in [2.05, 4.69) is 32.2 Å². The predicted molar refractivity (Wildman–Crippen MR) is 111 cm³/mol. The van der Waals surface area contributed by atoms with Crippen LogP contribution in [-0.2, 0) is 17.9 Å². The molecule has 0 saturated heterocycles. The van der Waals surface area contributed by atoms with Gasteiger partial charge in [0.25, 0.3) is 0 Å². The highest BCUT2D eigenvalue weighted by Crippen LogP contribution is 2.40. The van der Waals surface area contributed by atoms with Crippen molar-refractivity contribution >= 4 is 17.7 Å². The van der Waals surface area contributed by atoms with E-state index >= 15 is 0 Å². The van der Waals surface area contributed by atoms with Crippen molar-refractivity contribution in [3.63, 3.8) is 0 Å². The normalized spacial score (nSPS) is 14.6. The van der Waals surface area contributed by atoms with E-state index in [0.29, 0.717) is 12.5 Å². The number of benzene rings is 2. The zero-order chi connectivity index (χ0) is 19.3. The summed E-state index contributed by atoms with van der Waals surface area (Å²) in [5.41, 5.74) is 2.31. The van der Waals surface area contributed by atoms with Gasteiger partial charge in [-0.3, -0.25) is 4.79 Å². The van der Waals surface area contributed by atoms with Gasteiger partial charge in [0, 0.05) is 12.5 Å². The van der Waals surface area contributed by atoms with Crippen LogP contribution < -0.4 is 5.32 Å². The van der Waals surface area contributed by atoms with E-state index in [1.165, 1.54) is 30.2 Å². The van der Waals surface area contributed by atoms with Gasteiger partial charge < -0.3 is 9.88 Å². The van der Waals surface area contributed by atoms with Gasteiger partial charge in [-0.1, -0.05) is 72.4 Å². The largest absolute Gasteiger partial charge is 0.351 e. The Labute approximate surface area is 169 Å². The summed E-state index contributed by atoms with van der Waals surface area (Å²) in [7, 11) is 0. The number of nitrogens with one attached hydrogen (secondary N) is 1. The number of hydrogen-bond donors (Lipinski definition) is 1. The van der Waals surface area contributed by atoms with Crippen molar-refractivity contribution in [2.45, 2.75) is 49.2 Å². The molecule has 3 aromatic rings. The first-order chi connectivity index (χ1) is 13.7. The molecule has 28 heavy (non-hydrogen) atoms. The second-order valence-electron chi connectivity index (χ2n) is 7.15. The lowest BCUT2D eigenvalue weighted by atomic mass is 10.2. The number of carbonyl (C=O) groups is 1. The maximum atomic E-state index is 12.6. The molecule has 0 spiro atoms. The second-order valence-corrected chi connectivity index (χ2v) is 8.46. The number of nitrogens with zero attached hydrogens (tertiary/aromatic N) is 3. The van der Waals surface area contributed by atoms with E-state index in [1.54, 1.807) is 0 Å². The topological polar surface area (TPSA) is 59.8 Å². The molecular weight excluding hydrogens is 368 g/mol. The van der Waals surface area contributed by atoms with Crippen LogP contribution in [0, 0.1) is 0 Å². The molecule has 4 rings (SSSR count). The van der Waals surface area contributed by atoms with E-state index in [0.717, 1.165) is 23.1 Å². The fraction of sp³-hybridized carbons (Fsp3) is 0.318. The quantitative estimate of drug-likeness (QED) is 0.589. The van der Waals surface area contributed by atoms with Crippen LogP contribution in [0.25, 0.3) is 0 Å². The molecule has 2 aromatic carbocycles. The number of rotatable bonds is 8. The zero-order valence-corrected chi connectivity index (χ0v) is 16.7. The van der Waals surface area contributed by atoms with Gasteiger partial charge in [-0.05, 0) is 30.9 Å². The Morgan fingerprint density at radius 3 is 2.36 bits per heavy atom. The van der Waals surface area contributed by atoms with Crippen molar-refractivity contribution in [3.05, 3.63) is 77.6 Å². The van der Waals surface area contributed by atoms with E-state index in [-0.39, 0.29) is 11.2 Å². The number of hydrogen-bond acceptors (Lipinski definition) is 4. The lowest BCUT2D eigenvalue weighted by molar-refractivity contribution is -0.120. The maximum absolute atomic E-state index is 12.6. The standard InChI is InChI=1S/C22H24N4OS/c1-16(21(27)23-14-17-8-4-2-5-9-17)28-22-25-24-20(19-12-13-19)26(22)15-18-10-6-3-7-11-18/h2-11,16,19H,12-15H2,1H3,(H,23,27). The fourth-order valence-corrected chi connectivity index (χ4v) is 3.97. The van der Waals surface area contributed by atoms with Crippen LogP contribution >= 0.6 is 11.8 Å². The monoisotopic (exact) mass is 392 g/mol. The molecule has 1 N–H and O–H groups in total. The molecule has 1 atom stereocenters. The Bertz CT molecular complexity index is 922. The lowest BCUT2D eigenvalue weighted by Gasteiger charge is -2.14. The van der Waals surface area contributed by atoms with Crippen LogP contribution in [0.3, 0.4) is 0 Å². The summed E-state index contributed by atoms with van der Waals surface area (Å²) >= 11 is 1.48. The molecule has 5 nitrogen and oxygen atoms in total. The Morgan fingerprint density at radius 2 is 1.71 bits per heavy atom. The van der Waals surface area contributed by atoms with Gasteiger partial charge in [-0.25, -0.2) is 0 Å². The van der Waals surface area contributed by atoms with Crippen molar-refractivity contribution < 1.29 is 4.79 Å². The molecule has 0 aliphatic heterocycles. The van der Waals surface area contributed by atoms with Gasteiger partial charge >= 0.3 is 0 Å². The Hall–Kier alpha value is -2.60. The molecule has 1 heterocycles. The van der Waals surface area contributed by atoms with E-state index in [1.807, 2.05) is 55.5 Å². The van der Waals surface area contributed by atoms with Gasteiger partial charge in [-0.2, -0.15) is 0 Å². The molecule has 1 saturated carbocycles. The summed E-state index contributed by atoms with van der Waals surface area (Å²) in [5.74, 6) is 1.56. The number of thioether (sulfide) groups is 1. The van der Waals surface area contributed by atoms with Crippen molar-refractivity contribution in [1.82, 2.24) is 20.1 Å². The van der Waals surface area contributed by atoms with E-state index in [9.17, 15) is 4.79 Å². The van der Waals surface area contributed by atoms with Crippen molar-refractivity contribution in [3.8, 4) is 0 Å². The molecule has 1 aliphatic rings. The smallest absolute Gasteiger partial charge is 0.233 e. The summed E-state index contributed by atoms with van der Waals surface area (Å²) in [5, 5.41) is 12.4. The molecule has 1 fully saturated rings. The summed E-state index contributed by atoms with van der Waals surface area (Å²) in [4.78, 5) is 12.6. The molecule has 1 aromatic heterocycles. The van der Waals surface area contributed by atoms with Crippen molar-refractivity contribution in [2.24, 2.45) is 0 Å². The highest BCUT2D eigenvalue weighted by atomic mass is 32.2. The third-order valence-corrected chi connectivity index (χ3v) is 5.91. The minimum absolute atomic E-state index is 0.0103. The minimum Gasteiger partial charge on any atom is -0.351 e. The molecule has 1 amide bonds. The molecule has 0 bridgehead atoms. The van der Waals surface area contributed by atoms with Crippen LogP contribution in [0.5, 0.6) is 0 Å². The van der Waals surface area contributed by atoms with Crippen LogP contribution in [-0.4, -0.2) is 25.9 Å². The van der Waals surface area contributed by atoms with Crippen LogP contribution in [0.2, 0.25) is 0 Å². The average molecular weight is 393 g/mol. The summed E-state index contributed by atoms with van der Waals surface area (Å²) in [6.07, 6.45) is 2.34. The Kier molecular flexibility index (Phi) is 5.76. The first-order valence-corrected chi connectivity index (χ1v) is 10.5. The van der Waals surface area contributed by atoms with Gasteiger partial charge in [0.05, 0.1) is 11.8 Å². The average Bonchev–Trinajstić information content (AvgIpc) is 3.51. The van der Waals surface area contributed by atoms with Crippen LogP contribution in [0.1, 0.15) is 42.6 Å². The summed E-state index contributed by atoms with van der Waals surface area (Å²) < 4.78 is 2.18. The summed E-state index contributed by atoms with van der Waals surface area (Å²) in [6, 6.07) is 20.3. The number of aromatic nitrogens is 3. The highest BCUT2D eigenvalue weighted by Gasteiger charge is 2.31. The van der Waals surface area contributed by atoms with E-state index in [4.69, 9.17) is 0 Å². The predicted octanol–water partition coefficient (Wildman–Crippen LogP) is 4.00. The third kappa shape index (κ3) is 4.62. The zero-order valence-electron chi connectivity index (χ0n) is 15.9. The van der Waals surface area contributed by atoms with Crippen LogP contribution in [0.15, 0.2) is 65.8 Å². The molecular formula is C22H24N4OS. The SMILES string of the molecule is CC(Sc1nnc(C2CC2)n1Cc1ccccc1)C(=O)NCc1ccccc1. The molecule has 1 aliphatic carbocycles. The lowest BCUT2D eigenvalue weighted by Crippen LogP contribution is -2.30. The number of amides is 1. The molecule has 1 unspecified atom stereocenters. The first kappa shape index (κ1) is 18.7. The molecule has 6 heteroatoms. The Balaban J connectivity index is 1.44. The van der Waals surface area contributed by atoms with Crippen molar-refractivity contribution in [1.29, 1.82) is 0 Å². The van der Waals surface area contributed by atoms with Gasteiger partial charge in [0.2, 0.25) is 5.91 Å².